The summed E-state index contributed by atoms with van der Waals surface area (Å²) in [5.41, 5.74) is 6.62. The summed E-state index contributed by atoms with van der Waals surface area (Å²) < 4.78 is 4.73. The van der Waals surface area contributed by atoms with Crippen molar-refractivity contribution >= 4 is 23.2 Å². The second kappa shape index (κ2) is 7.92. The molecule has 1 aromatic carbocycles. The highest BCUT2D eigenvalue weighted by molar-refractivity contribution is 5.73. The summed E-state index contributed by atoms with van der Waals surface area (Å²) in [5.74, 6) is 0.781. The van der Waals surface area contributed by atoms with Crippen LogP contribution in [0.25, 0.3) is 0 Å². The van der Waals surface area contributed by atoms with Crippen LogP contribution in [0.15, 0.2) is 42.6 Å². The average Bonchev–Trinajstić information content (AvgIpc) is 3.18. The van der Waals surface area contributed by atoms with Gasteiger partial charge in [-0.1, -0.05) is 18.7 Å². The summed E-state index contributed by atoms with van der Waals surface area (Å²) in [5, 5.41) is 6.87. The van der Waals surface area contributed by atoms with E-state index in [0.717, 1.165) is 67.3 Å². The molecule has 2 aromatic rings. The number of hydrogen-bond donors (Lipinski definition) is 2. The number of aromatic nitrogens is 1. The van der Waals surface area contributed by atoms with Crippen molar-refractivity contribution in [2.24, 2.45) is 0 Å². The monoisotopic (exact) mass is 378 g/mol. The van der Waals surface area contributed by atoms with Crippen molar-refractivity contribution in [1.29, 1.82) is 0 Å². The third kappa shape index (κ3) is 3.96. The van der Waals surface area contributed by atoms with E-state index < -0.39 is 0 Å². The van der Waals surface area contributed by atoms with Crippen LogP contribution in [0.4, 0.5) is 17.2 Å². The number of carbonyl (C=O) groups excluding carboxylic acids is 1. The van der Waals surface area contributed by atoms with Gasteiger partial charge in [0.05, 0.1) is 20.1 Å². The van der Waals surface area contributed by atoms with Crippen molar-refractivity contribution in [2.45, 2.75) is 25.7 Å². The summed E-state index contributed by atoms with van der Waals surface area (Å²) in [7, 11) is 1.41. The number of hydrogen-bond acceptors (Lipinski definition) is 6. The molecule has 1 saturated heterocycles. The van der Waals surface area contributed by atoms with Crippen LogP contribution < -0.4 is 15.5 Å². The molecule has 2 N–H and O–H groups in total. The fourth-order valence-corrected chi connectivity index (χ4v) is 3.83. The van der Waals surface area contributed by atoms with Gasteiger partial charge >= 0.3 is 5.97 Å². The first-order valence-electron chi connectivity index (χ1n) is 9.74. The number of carbonyl (C=O) groups is 1. The van der Waals surface area contributed by atoms with Gasteiger partial charge in [-0.2, -0.15) is 0 Å². The maximum absolute atomic E-state index is 11.4. The molecular weight excluding hydrogens is 352 g/mol. The van der Waals surface area contributed by atoms with E-state index in [1.54, 1.807) is 0 Å². The van der Waals surface area contributed by atoms with E-state index >= 15 is 0 Å². The molecule has 4 rings (SSSR count). The highest BCUT2D eigenvalue weighted by Crippen LogP contribution is 2.33. The molecule has 1 aromatic heterocycles. The summed E-state index contributed by atoms with van der Waals surface area (Å²) in [6.07, 6.45) is 3.52. The zero-order valence-corrected chi connectivity index (χ0v) is 16.3. The van der Waals surface area contributed by atoms with E-state index in [2.05, 4.69) is 28.2 Å². The quantitative estimate of drug-likeness (QED) is 0.780. The van der Waals surface area contributed by atoms with Crippen LogP contribution in [0.1, 0.15) is 23.2 Å². The van der Waals surface area contributed by atoms with E-state index in [-0.39, 0.29) is 5.97 Å². The Hall–Kier alpha value is -3.02. The molecule has 0 radical (unpaired) electrons. The van der Waals surface area contributed by atoms with E-state index in [0.29, 0.717) is 6.42 Å². The molecule has 2 aliphatic rings. The molecule has 0 unspecified atom stereocenters. The normalized spacial score (nSPS) is 15.8. The summed E-state index contributed by atoms with van der Waals surface area (Å²) in [4.78, 5) is 18.7. The molecule has 2 heterocycles. The van der Waals surface area contributed by atoms with E-state index in [4.69, 9.17) is 9.72 Å². The number of nitrogens with zero attached hydrogens (tertiary/aromatic N) is 2. The molecule has 0 bridgehead atoms. The molecular formula is C22H26N4O2. The van der Waals surface area contributed by atoms with Crippen LogP contribution in [0, 0.1) is 0 Å². The average molecular weight is 378 g/mol. The molecule has 0 saturated carbocycles. The lowest BCUT2D eigenvalue weighted by Crippen LogP contribution is -2.42. The largest absolute Gasteiger partial charge is 0.469 e. The molecule has 0 spiro atoms. The Balaban J connectivity index is 1.57. The van der Waals surface area contributed by atoms with Crippen molar-refractivity contribution in [3.8, 4) is 0 Å². The lowest BCUT2D eigenvalue weighted by atomic mass is 10.1. The number of methoxy groups -OCH3 is 1. The molecule has 6 nitrogen and oxygen atoms in total. The van der Waals surface area contributed by atoms with Gasteiger partial charge < -0.3 is 20.3 Å². The van der Waals surface area contributed by atoms with Crippen LogP contribution >= 0.6 is 0 Å². The number of rotatable bonds is 5. The third-order valence-electron chi connectivity index (χ3n) is 5.31. The Labute approximate surface area is 165 Å². The molecule has 1 fully saturated rings. The first-order chi connectivity index (χ1) is 13.6. The SMILES string of the molecule is C=C1CN(c2cc(Nc3ccc(CC(=O)OC)cc3)c3c(n2)CCC3)CCN1. The number of benzene rings is 1. The first-order valence-corrected chi connectivity index (χ1v) is 9.74. The highest BCUT2D eigenvalue weighted by atomic mass is 16.5. The molecule has 1 aliphatic carbocycles. The van der Waals surface area contributed by atoms with Crippen molar-refractivity contribution in [3.63, 3.8) is 0 Å². The van der Waals surface area contributed by atoms with Gasteiger partial charge in [-0.3, -0.25) is 4.79 Å². The number of ether oxygens (including phenoxy) is 1. The number of esters is 1. The number of nitrogens with one attached hydrogen (secondary N) is 2. The van der Waals surface area contributed by atoms with Crippen LogP contribution in [0.2, 0.25) is 0 Å². The maximum atomic E-state index is 11.4. The molecule has 6 heteroatoms. The Bertz CT molecular complexity index is 892. The predicted octanol–water partition coefficient (Wildman–Crippen LogP) is 2.95. The predicted molar refractivity (Wildman–Crippen MR) is 111 cm³/mol. The Morgan fingerprint density at radius 1 is 1.32 bits per heavy atom. The van der Waals surface area contributed by atoms with Crippen molar-refractivity contribution < 1.29 is 9.53 Å². The van der Waals surface area contributed by atoms with Crippen LogP contribution in [0.5, 0.6) is 0 Å². The molecule has 0 atom stereocenters. The van der Waals surface area contributed by atoms with Crippen LogP contribution in [-0.4, -0.2) is 37.7 Å². The fourth-order valence-electron chi connectivity index (χ4n) is 3.83. The number of anilines is 3. The standard InChI is InChI=1S/C22H26N4O2/c1-15-14-26(11-10-23-15)21-13-20(18-4-3-5-19(18)25-21)24-17-8-6-16(7-9-17)12-22(27)28-2/h6-9,13,23H,1,3-5,10-12,14H2,2H3,(H,24,25). The second-order valence-corrected chi connectivity index (χ2v) is 7.33. The molecule has 146 valence electrons. The third-order valence-corrected chi connectivity index (χ3v) is 5.31. The van der Waals surface area contributed by atoms with Gasteiger partial charge in [0.15, 0.2) is 0 Å². The Morgan fingerprint density at radius 2 is 2.14 bits per heavy atom. The van der Waals surface area contributed by atoms with Gasteiger partial charge in [0.2, 0.25) is 0 Å². The second-order valence-electron chi connectivity index (χ2n) is 7.33. The Morgan fingerprint density at radius 3 is 2.89 bits per heavy atom. The molecule has 1 aliphatic heterocycles. The molecule has 0 amide bonds. The van der Waals surface area contributed by atoms with E-state index in [9.17, 15) is 4.79 Å². The van der Waals surface area contributed by atoms with Crippen molar-refractivity contribution in [3.05, 3.63) is 59.4 Å². The van der Waals surface area contributed by atoms with Gasteiger partial charge in [-0.05, 0) is 42.5 Å². The maximum Gasteiger partial charge on any atom is 0.309 e. The van der Waals surface area contributed by atoms with E-state index in [1.807, 2.05) is 24.3 Å². The van der Waals surface area contributed by atoms with Gasteiger partial charge in [-0.15, -0.1) is 0 Å². The fraction of sp³-hybridized carbons (Fsp3) is 0.364. The number of fused-ring (bicyclic) bond motifs is 1. The first kappa shape index (κ1) is 18.3. The molecule has 28 heavy (non-hydrogen) atoms. The lowest BCUT2D eigenvalue weighted by Gasteiger charge is -2.31. The minimum atomic E-state index is -0.227. The zero-order valence-electron chi connectivity index (χ0n) is 16.3. The number of pyridine rings is 1. The van der Waals surface area contributed by atoms with Gasteiger partial charge in [0, 0.05) is 41.9 Å². The summed E-state index contributed by atoms with van der Waals surface area (Å²) in [6.45, 7) is 6.66. The van der Waals surface area contributed by atoms with Crippen molar-refractivity contribution in [1.82, 2.24) is 10.3 Å². The highest BCUT2D eigenvalue weighted by Gasteiger charge is 2.22. The van der Waals surface area contributed by atoms with Crippen molar-refractivity contribution in [2.75, 3.05) is 37.0 Å². The lowest BCUT2D eigenvalue weighted by molar-refractivity contribution is -0.139. The topological polar surface area (TPSA) is 66.5 Å². The van der Waals surface area contributed by atoms with E-state index in [1.165, 1.54) is 18.4 Å². The number of piperazine rings is 1. The van der Waals surface area contributed by atoms with Gasteiger partial charge in [0.1, 0.15) is 5.82 Å². The minimum absolute atomic E-state index is 0.227. The van der Waals surface area contributed by atoms with Gasteiger partial charge in [-0.25, -0.2) is 4.98 Å². The van der Waals surface area contributed by atoms with Gasteiger partial charge in [0.25, 0.3) is 0 Å². The van der Waals surface area contributed by atoms with Crippen LogP contribution in [0.3, 0.4) is 0 Å². The minimum Gasteiger partial charge on any atom is -0.469 e. The summed E-state index contributed by atoms with van der Waals surface area (Å²) in [6, 6.07) is 10.1. The van der Waals surface area contributed by atoms with Crippen LogP contribution in [-0.2, 0) is 28.8 Å². The summed E-state index contributed by atoms with van der Waals surface area (Å²) >= 11 is 0. The Kier molecular flexibility index (Phi) is 5.19. The zero-order chi connectivity index (χ0) is 19.5. The number of aryl methyl sites for hydroxylation is 1. The smallest absolute Gasteiger partial charge is 0.309 e.